The third-order valence-corrected chi connectivity index (χ3v) is 11.1. The molecule has 11 heteroatoms. The van der Waals surface area contributed by atoms with Crippen molar-refractivity contribution in [1.29, 1.82) is 0 Å². The molecule has 0 spiro atoms. The minimum absolute atomic E-state index is 0.0572. The molecule has 2 aromatic carbocycles. The Labute approximate surface area is 254 Å². The molecule has 0 unspecified atom stereocenters. The van der Waals surface area contributed by atoms with Crippen molar-refractivity contribution in [2.75, 3.05) is 6.61 Å². The van der Waals surface area contributed by atoms with Crippen molar-refractivity contribution >= 4 is 23.3 Å². The van der Waals surface area contributed by atoms with Crippen LogP contribution in [0.15, 0.2) is 60.2 Å². The van der Waals surface area contributed by atoms with E-state index in [-0.39, 0.29) is 47.1 Å². The number of allylic oxidation sites excluding steroid dienone is 1. The zero-order valence-electron chi connectivity index (χ0n) is 25.0. The quantitative estimate of drug-likeness (QED) is 0.154. The van der Waals surface area contributed by atoms with Crippen LogP contribution in [0.25, 0.3) is 0 Å². The van der Waals surface area contributed by atoms with Crippen LogP contribution in [0.5, 0.6) is 0 Å². The molecular weight excluding hydrogens is 568 g/mol. The molecule has 2 aromatic rings. The zero-order chi connectivity index (χ0) is 31.4. The molecule has 1 aliphatic heterocycles. The number of hydrogen-bond acceptors (Lipinski definition) is 9. The van der Waals surface area contributed by atoms with E-state index in [1.54, 1.807) is 0 Å². The number of nitro benzene ring substituents is 2. The molecule has 3 aliphatic carbocycles. The van der Waals surface area contributed by atoms with Crippen LogP contribution in [0.1, 0.15) is 80.0 Å². The van der Waals surface area contributed by atoms with Gasteiger partial charge in [0.15, 0.2) is 0 Å². The monoisotopic (exact) mass is 604 g/mol. The number of rotatable bonds is 6. The molecule has 0 amide bonds. The van der Waals surface area contributed by atoms with Gasteiger partial charge in [-0.3, -0.25) is 20.2 Å². The highest BCUT2D eigenvalue weighted by atomic mass is 16.6. The van der Waals surface area contributed by atoms with E-state index in [1.807, 2.05) is 6.92 Å². The number of carbonyl (C=O) groups excluding carboxylic acids is 2. The predicted octanol–water partition coefficient (Wildman–Crippen LogP) is 6.60. The van der Waals surface area contributed by atoms with Gasteiger partial charge >= 0.3 is 11.9 Å². The summed E-state index contributed by atoms with van der Waals surface area (Å²) in [5.74, 6) is -0.367. The minimum Gasteiger partial charge on any atom is -0.458 e. The van der Waals surface area contributed by atoms with Crippen LogP contribution in [0.3, 0.4) is 0 Å². The van der Waals surface area contributed by atoms with Gasteiger partial charge in [-0.2, -0.15) is 0 Å². The van der Waals surface area contributed by atoms with Gasteiger partial charge < -0.3 is 14.2 Å². The fourth-order valence-electron chi connectivity index (χ4n) is 8.25. The first-order valence-corrected chi connectivity index (χ1v) is 15.1. The molecule has 4 aliphatic rings. The van der Waals surface area contributed by atoms with Gasteiger partial charge in [-0.1, -0.05) is 25.5 Å². The summed E-state index contributed by atoms with van der Waals surface area (Å²) in [5.41, 5.74) is 0.399. The fourth-order valence-corrected chi connectivity index (χ4v) is 8.25. The van der Waals surface area contributed by atoms with Crippen LogP contribution >= 0.6 is 0 Å². The maximum Gasteiger partial charge on any atom is 0.338 e. The molecule has 44 heavy (non-hydrogen) atoms. The smallest absolute Gasteiger partial charge is 0.338 e. The molecule has 7 atom stereocenters. The summed E-state index contributed by atoms with van der Waals surface area (Å²) in [7, 11) is 0. The van der Waals surface area contributed by atoms with Gasteiger partial charge in [0, 0.05) is 36.1 Å². The topological polar surface area (TPSA) is 148 Å². The van der Waals surface area contributed by atoms with Crippen molar-refractivity contribution in [2.45, 2.75) is 77.1 Å². The van der Waals surface area contributed by atoms with Gasteiger partial charge in [0.2, 0.25) is 0 Å². The molecule has 1 heterocycles. The number of fused-ring (bicyclic) bond motifs is 5. The van der Waals surface area contributed by atoms with Gasteiger partial charge in [-0.25, -0.2) is 9.59 Å². The van der Waals surface area contributed by atoms with E-state index in [4.69, 9.17) is 14.2 Å². The molecule has 6 rings (SSSR count). The molecule has 232 valence electrons. The van der Waals surface area contributed by atoms with Gasteiger partial charge in [0.05, 0.1) is 33.7 Å². The molecule has 2 saturated carbocycles. The van der Waals surface area contributed by atoms with Crippen LogP contribution in [0.2, 0.25) is 0 Å². The van der Waals surface area contributed by atoms with Gasteiger partial charge in [-0.15, -0.1) is 0 Å². The Morgan fingerprint density at radius 3 is 2.05 bits per heavy atom. The van der Waals surface area contributed by atoms with E-state index in [2.05, 4.69) is 19.9 Å². The van der Waals surface area contributed by atoms with Crippen LogP contribution in [-0.2, 0) is 14.2 Å². The predicted molar refractivity (Wildman–Crippen MR) is 158 cm³/mol. The van der Waals surface area contributed by atoms with Crippen LogP contribution < -0.4 is 0 Å². The van der Waals surface area contributed by atoms with E-state index >= 15 is 0 Å². The molecule has 0 bridgehead atoms. The Balaban J connectivity index is 1.14. The maximum absolute atomic E-state index is 13.1. The first-order valence-electron chi connectivity index (χ1n) is 15.1. The largest absolute Gasteiger partial charge is 0.458 e. The van der Waals surface area contributed by atoms with E-state index in [1.165, 1.54) is 54.1 Å². The van der Waals surface area contributed by atoms with Crippen molar-refractivity contribution in [2.24, 2.45) is 22.7 Å². The van der Waals surface area contributed by atoms with Crippen LogP contribution in [0.4, 0.5) is 11.4 Å². The van der Waals surface area contributed by atoms with Gasteiger partial charge in [-0.05, 0) is 80.5 Å². The second-order valence-electron chi connectivity index (χ2n) is 13.3. The minimum atomic E-state index is -0.851. The second-order valence-corrected chi connectivity index (χ2v) is 13.3. The standard InChI is InChI=1S/C33H36N2O9/c1-31-16-14-25(43-29(36)20-4-9-23(10-5-20)34(38)39)18-22(31)8-13-26-27(31)15-17-32(2)28(26)42-19-33(32,3)44-30(37)21-6-11-24(12-7-21)35(40)41/h4-12,25-28H,13-19H2,1-3H3/t25-,26+,27+,28-,31+,32+,33-/m1/s1. The van der Waals surface area contributed by atoms with E-state index < -0.39 is 32.8 Å². The lowest BCUT2D eigenvalue weighted by molar-refractivity contribution is -0.385. The molecule has 1 saturated heterocycles. The fraction of sp³-hybridized carbons (Fsp3) is 0.515. The highest BCUT2D eigenvalue weighted by Gasteiger charge is 2.65. The number of ether oxygens (including phenoxy) is 3. The lowest BCUT2D eigenvalue weighted by Crippen LogP contribution is -2.57. The Hall–Kier alpha value is -4.12. The Morgan fingerprint density at radius 1 is 0.864 bits per heavy atom. The van der Waals surface area contributed by atoms with E-state index in [0.29, 0.717) is 17.9 Å². The summed E-state index contributed by atoms with van der Waals surface area (Å²) >= 11 is 0. The summed E-state index contributed by atoms with van der Waals surface area (Å²) in [4.78, 5) is 46.9. The van der Waals surface area contributed by atoms with E-state index in [9.17, 15) is 29.8 Å². The van der Waals surface area contributed by atoms with Crippen molar-refractivity contribution in [3.05, 3.63) is 91.5 Å². The van der Waals surface area contributed by atoms with Crippen molar-refractivity contribution in [1.82, 2.24) is 0 Å². The molecule has 11 nitrogen and oxygen atoms in total. The number of carbonyl (C=O) groups is 2. The van der Waals surface area contributed by atoms with Crippen molar-refractivity contribution in [3.63, 3.8) is 0 Å². The van der Waals surface area contributed by atoms with Crippen LogP contribution in [-0.4, -0.2) is 46.2 Å². The number of benzene rings is 2. The lowest BCUT2D eigenvalue weighted by atomic mass is 9.48. The first-order chi connectivity index (χ1) is 20.8. The van der Waals surface area contributed by atoms with E-state index in [0.717, 1.165) is 32.1 Å². The Morgan fingerprint density at radius 2 is 1.45 bits per heavy atom. The summed E-state index contributed by atoms with van der Waals surface area (Å²) in [6.45, 7) is 6.69. The van der Waals surface area contributed by atoms with Crippen molar-refractivity contribution < 1.29 is 33.6 Å². The molecule has 0 aromatic heterocycles. The Kier molecular flexibility index (Phi) is 7.34. The highest BCUT2D eigenvalue weighted by Crippen LogP contribution is 2.64. The average Bonchev–Trinajstić information content (AvgIpc) is 3.27. The second kappa shape index (κ2) is 10.8. The number of nitrogens with zero attached hydrogens (tertiary/aromatic N) is 2. The number of nitro groups is 2. The highest BCUT2D eigenvalue weighted by molar-refractivity contribution is 5.90. The summed E-state index contributed by atoms with van der Waals surface area (Å²) in [5, 5.41) is 21.9. The lowest BCUT2D eigenvalue weighted by Gasteiger charge is -2.57. The van der Waals surface area contributed by atoms with Crippen molar-refractivity contribution in [3.8, 4) is 0 Å². The number of hydrogen-bond donors (Lipinski definition) is 0. The third kappa shape index (κ3) is 4.87. The third-order valence-electron chi connectivity index (χ3n) is 11.1. The molecule has 0 N–H and O–H groups in total. The SMILES string of the molecule is C[C@]12CC[C@@H](OC(=O)c3ccc([N+](=O)[O-])cc3)CC1=CC[C@@H]1[C@H]3OC[C@@](C)(OC(=O)c4ccc([N+](=O)[O-])cc4)[C@@]3(C)CC[C@@H]12. The molecule has 3 fully saturated rings. The number of esters is 2. The van der Waals surface area contributed by atoms with Gasteiger partial charge in [0.1, 0.15) is 11.7 Å². The summed E-state index contributed by atoms with van der Waals surface area (Å²) in [6.07, 6.45) is 6.79. The maximum atomic E-state index is 13.1. The zero-order valence-corrected chi connectivity index (χ0v) is 25.0. The molecule has 0 radical (unpaired) electrons. The molecular formula is C33H36N2O9. The average molecular weight is 605 g/mol. The Bertz CT molecular complexity index is 1540. The summed E-state index contributed by atoms with van der Waals surface area (Å²) < 4.78 is 18.5. The first kappa shape index (κ1) is 29.9. The number of non-ortho nitro benzene ring substituents is 2. The van der Waals surface area contributed by atoms with Crippen LogP contribution in [0, 0.1) is 42.9 Å². The van der Waals surface area contributed by atoms with Gasteiger partial charge in [0.25, 0.3) is 11.4 Å². The normalized spacial score (nSPS) is 34.0. The summed E-state index contributed by atoms with van der Waals surface area (Å²) in [6, 6.07) is 10.9.